The number of carbonyl (C=O) groups is 5. The second-order valence-electron chi connectivity index (χ2n) is 14.3. The summed E-state index contributed by atoms with van der Waals surface area (Å²) >= 11 is 0. The van der Waals surface area contributed by atoms with Crippen LogP contribution in [0.4, 0.5) is 9.59 Å². The minimum atomic E-state index is -1.90. The number of carbonyl (C=O) groups excluding carboxylic acids is 4. The zero-order valence-corrected chi connectivity index (χ0v) is 31.0. The molecule has 2 aliphatic rings. The van der Waals surface area contributed by atoms with Gasteiger partial charge in [0.05, 0.1) is 0 Å². The lowest BCUT2D eigenvalue weighted by molar-refractivity contribution is -0.173. The van der Waals surface area contributed by atoms with Crippen molar-refractivity contribution < 1.29 is 48.0 Å². The third-order valence-electron chi connectivity index (χ3n) is 9.99. The average molecular weight is 749 g/mol. The van der Waals surface area contributed by atoms with Gasteiger partial charge in [-0.25, -0.2) is 24.0 Å². The van der Waals surface area contributed by atoms with E-state index in [1.807, 2.05) is 97.1 Å². The molecule has 12 heteroatoms. The van der Waals surface area contributed by atoms with E-state index >= 15 is 0 Å². The molecular weight excluding hydrogens is 704 g/mol. The molecule has 12 nitrogen and oxygen atoms in total. The summed E-state index contributed by atoms with van der Waals surface area (Å²) in [6.07, 6.45) is -3.63. The van der Waals surface area contributed by atoms with E-state index in [0.29, 0.717) is 0 Å². The van der Waals surface area contributed by atoms with Crippen LogP contribution in [0.1, 0.15) is 61.8 Å². The van der Waals surface area contributed by atoms with Crippen LogP contribution in [-0.2, 0) is 33.3 Å². The largest absolute Gasteiger partial charge is 0.478 e. The quantitative estimate of drug-likeness (QED) is 0.0939. The summed E-state index contributed by atoms with van der Waals surface area (Å²) in [6.45, 7) is 5.83. The normalized spacial score (nSPS) is 14.4. The van der Waals surface area contributed by atoms with E-state index in [0.717, 1.165) is 44.5 Å². The molecule has 6 rings (SSSR count). The number of carboxylic acids is 1. The number of carboxylic acid groups (broad SMARTS) is 1. The number of rotatable bonds is 14. The van der Waals surface area contributed by atoms with Crippen molar-refractivity contribution in [2.75, 3.05) is 19.8 Å². The van der Waals surface area contributed by atoms with E-state index in [1.54, 1.807) is 27.7 Å². The minimum Gasteiger partial charge on any atom is -0.478 e. The summed E-state index contributed by atoms with van der Waals surface area (Å²) in [6, 6.07) is 29.0. The van der Waals surface area contributed by atoms with E-state index in [2.05, 4.69) is 10.6 Å². The maximum absolute atomic E-state index is 13.2. The van der Waals surface area contributed by atoms with Crippen molar-refractivity contribution in [2.24, 2.45) is 11.8 Å². The van der Waals surface area contributed by atoms with Crippen LogP contribution >= 0.6 is 0 Å². The fourth-order valence-electron chi connectivity index (χ4n) is 7.15. The van der Waals surface area contributed by atoms with Crippen molar-refractivity contribution in [1.82, 2.24) is 10.6 Å². The van der Waals surface area contributed by atoms with Gasteiger partial charge in [0.15, 0.2) is 0 Å². The predicted molar refractivity (Wildman–Crippen MR) is 202 cm³/mol. The summed E-state index contributed by atoms with van der Waals surface area (Å²) in [5, 5.41) is 14.9. The SMILES string of the molecule is CC(C)[C@H](NC(=O)OCC1c2ccccc2-c2ccccc21)C(=O)OC[C@@H](OC(=O)[C@@H](NC(=O)OCC1c2ccccc2-c2ccccc21)C(C)C)C(=O)O. The second kappa shape index (κ2) is 16.9. The van der Waals surface area contributed by atoms with Crippen LogP contribution in [0.15, 0.2) is 97.1 Å². The molecule has 0 radical (unpaired) electrons. The number of fused-ring (bicyclic) bond motifs is 6. The van der Waals surface area contributed by atoms with E-state index in [-0.39, 0.29) is 25.0 Å². The number of hydrogen-bond acceptors (Lipinski definition) is 9. The van der Waals surface area contributed by atoms with Gasteiger partial charge in [-0.1, -0.05) is 125 Å². The number of ether oxygens (including phenoxy) is 4. The lowest BCUT2D eigenvalue weighted by atomic mass is 9.98. The predicted octanol–water partition coefficient (Wildman–Crippen LogP) is 6.65. The molecule has 4 aromatic rings. The van der Waals surface area contributed by atoms with Crippen LogP contribution in [0.2, 0.25) is 0 Å². The van der Waals surface area contributed by atoms with Crippen molar-refractivity contribution >= 4 is 30.1 Å². The Morgan fingerprint density at radius 2 is 0.891 bits per heavy atom. The first kappa shape index (κ1) is 38.6. The Morgan fingerprint density at radius 1 is 0.545 bits per heavy atom. The summed E-state index contributed by atoms with van der Waals surface area (Å²) < 4.78 is 21.6. The number of nitrogens with one attached hydrogen (secondary N) is 2. The molecule has 0 saturated heterocycles. The fourth-order valence-corrected chi connectivity index (χ4v) is 7.15. The minimum absolute atomic E-state index is 0.00845. The summed E-state index contributed by atoms with van der Waals surface area (Å²) in [5.41, 5.74) is 8.34. The van der Waals surface area contributed by atoms with Gasteiger partial charge in [0, 0.05) is 11.8 Å². The van der Waals surface area contributed by atoms with Crippen molar-refractivity contribution in [3.05, 3.63) is 119 Å². The molecule has 0 saturated carbocycles. The standard InChI is InChI=1S/C43H44N2O10/c1-24(2)37(44-42(50)53-21-34-30-17-9-5-13-26(30)27-14-6-10-18-31(27)34)40(48)52-23-36(39(46)47)55-41(49)38(25(3)4)45-43(51)54-22-35-32-19-11-7-15-28(32)29-16-8-12-20-33(29)35/h5-20,24-25,34-38H,21-23H2,1-4H3,(H,44,50)(H,45,51)(H,46,47)/t36-,37+,38+/m1/s1. The molecule has 2 amide bonds. The van der Waals surface area contributed by atoms with Crippen molar-refractivity contribution in [1.29, 1.82) is 0 Å². The van der Waals surface area contributed by atoms with Gasteiger partial charge in [0.2, 0.25) is 6.10 Å². The van der Waals surface area contributed by atoms with Gasteiger partial charge in [-0.15, -0.1) is 0 Å². The first-order valence-electron chi connectivity index (χ1n) is 18.3. The molecule has 0 bridgehead atoms. The molecular formula is C43H44N2O10. The Labute approximate surface area is 319 Å². The molecule has 4 aromatic carbocycles. The third-order valence-corrected chi connectivity index (χ3v) is 9.99. The molecule has 286 valence electrons. The number of aliphatic carboxylic acids is 1. The van der Waals surface area contributed by atoms with Crippen molar-refractivity contribution in [2.45, 2.75) is 57.7 Å². The van der Waals surface area contributed by atoms with Crippen molar-refractivity contribution in [3.8, 4) is 22.3 Å². The highest BCUT2D eigenvalue weighted by atomic mass is 16.6. The molecule has 0 unspecified atom stereocenters. The highest BCUT2D eigenvalue weighted by Gasteiger charge is 2.35. The molecule has 0 aromatic heterocycles. The molecule has 0 aliphatic heterocycles. The molecule has 55 heavy (non-hydrogen) atoms. The van der Waals surface area contributed by atoms with Crippen LogP contribution in [0.25, 0.3) is 22.3 Å². The number of hydrogen-bond donors (Lipinski definition) is 3. The van der Waals surface area contributed by atoms with Gasteiger partial charge in [0.25, 0.3) is 0 Å². The maximum Gasteiger partial charge on any atom is 0.407 e. The van der Waals surface area contributed by atoms with Gasteiger partial charge in [-0.3, -0.25) is 0 Å². The van der Waals surface area contributed by atoms with Crippen molar-refractivity contribution in [3.63, 3.8) is 0 Å². The Morgan fingerprint density at radius 3 is 1.24 bits per heavy atom. The van der Waals surface area contributed by atoms with E-state index in [1.165, 1.54) is 0 Å². The maximum atomic E-state index is 13.2. The highest BCUT2D eigenvalue weighted by molar-refractivity contribution is 5.86. The van der Waals surface area contributed by atoms with Crippen LogP contribution in [-0.4, -0.2) is 73.2 Å². The summed E-state index contributed by atoms with van der Waals surface area (Å²) in [7, 11) is 0. The number of amides is 2. The Kier molecular flexibility index (Phi) is 11.8. The lowest BCUT2D eigenvalue weighted by Crippen LogP contribution is -2.49. The van der Waals surface area contributed by atoms with Gasteiger partial charge >= 0.3 is 30.1 Å². The number of alkyl carbamates (subject to hydrolysis) is 2. The first-order chi connectivity index (χ1) is 26.4. The Balaban J connectivity index is 1.01. The summed E-state index contributed by atoms with van der Waals surface area (Å²) in [4.78, 5) is 64.4. The smallest absolute Gasteiger partial charge is 0.407 e. The molecule has 0 heterocycles. The molecule has 2 aliphatic carbocycles. The number of benzene rings is 4. The average Bonchev–Trinajstić information content (AvgIpc) is 3.67. The Hall–Kier alpha value is -6.17. The molecule has 3 atom stereocenters. The number of esters is 2. The van der Waals surface area contributed by atoms with Gasteiger partial charge in [0.1, 0.15) is 31.9 Å². The van der Waals surface area contributed by atoms with E-state index in [9.17, 15) is 29.1 Å². The fraction of sp³-hybridized carbons (Fsp3) is 0.326. The van der Waals surface area contributed by atoms with Gasteiger partial charge < -0.3 is 34.7 Å². The lowest BCUT2D eigenvalue weighted by Gasteiger charge is -2.24. The molecule has 0 fully saturated rings. The topological polar surface area (TPSA) is 167 Å². The summed E-state index contributed by atoms with van der Waals surface area (Å²) in [5.74, 6) is -4.95. The first-order valence-corrected chi connectivity index (χ1v) is 18.3. The van der Waals surface area contributed by atoms with Crippen LogP contribution < -0.4 is 10.6 Å². The highest BCUT2D eigenvalue weighted by Crippen LogP contribution is 2.45. The van der Waals surface area contributed by atoms with E-state index < -0.39 is 66.7 Å². The monoisotopic (exact) mass is 748 g/mol. The van der Waals surface area contributed by atoms with Gasteiger partial charge in [-0.05, 0) is 56.3 Å². The Bertz CT molecular complexity index is 1990. The zero-order valence-electron chi connectivity index (χ0n) is 31.0. The van der Waals surface area contributed by atoms with Crippen LogP contribution in [0, 0.1) is 11.8 Å². The molecule has 0 spiro atoms. The second-order valence-corrected chi connectivity index (χ2v) is 14.3. The third kappa shape index (κ3) is 8.48. The van der Waals surface area contributed by atoms with E-state index in [4.69, 9.17) is 18.9 Å². The van der Waals surface area contributed by atoms with Crippen LogP contribution in [0.5, 0.6) is 0 Å². The zero-order chi connectivity index (χ0) is 39.2. The molecule has 3 N–H and O–H groups in total. The van der Waals surface area contributed by atoms with Crippen LogP contribution in [0.3, 0.4) is 0 Å². The van der Waals surface area contributed by atoms with Gasteiger partial charge in [-0.2, -0.15) is 0 Å².